The van der Waals surface area contributed by atoms with Crippen LogP contribution in [0.25, 0.3) is 0 Å². The standard InChI is InChI=1S/C16H22ClN5O2S2/c1-18-14-15(17)20-11-21-16(14)19-8-7-12-5-6-13(25-12)26(23,24)22-9-3-2-4-10-22/h5-6,11,18H,2-4,7-10H2,1H3,(H,19,20,21). The van der Waals surface area contributed by atoms with Gasteiger partial charge < -0.3 is 10.6 Å². The topological polar surface area (TPSA) is 87.2 Å². The monoisotopic (exact) mass is 415 g/mol. The van der Waals surface area contributed by atoms with Gasteiger partial charge in [0.25, 0.3) is 10.0 Å². The lowest BCUT2D eigenvalue weighted by atomic mass is 10.2. The van der Waals surface area contributed by atoms with Crippen LogP contribution in [0.15, 0.2) is 22.7 Å². The van der Waals surface area contributed by atoms with E-state index < -0.39 is 10.0 Å². The lowest BCUT2D eigenvalue weighted by Gasteiger charge is -2.25. The fourth-order valence-electron chi connectivity index (χ4n) is 2.89. The molecule has 3 rings (SSSR count). The average Bonchev–Trinajstić information content (AvgIpc) is 3.12. The number of aromatic nitrogens is 2. The Morgan fingerprint density at radius 2 is 2.00 bits per heavy atom. The summed E-state index contributed by atoms with van der Waals surface area (Å²) in [5.74, 6) is 0.630. The highest BCUT2D eigenvalue weighted by molar-refractivity contribution is 7.91. The minimum Gasteiger partial charge on any atom is -0.383 e. The van der Waals surface area contributed by atoms with E-state index in [4.69, 9.17) is 11.6 Å². The maximum atomic E-state index is 12.7. The van der Waals surface area contributed by atoms with Crippen molar-refractivity contribution in [3.8, 4) is 0 Å². The highest BCUT2D eigenvalue weighted by Gasteiger charge is 2.27. The quantitative estimate of drug-likeness (QED) is 0.676. The summed E-state index contributed by atoms with van der Waals surface area (Å²) in [6.07, 6.45) is 5.09. The lowest BCUT2D eigenvalue weighted by Crippen LogP contribution is -2.35. The van der Waals surface area contributed by atoms with E-state index in [0.29, 0.717) is 46.9 Å². The molecule has 3 heterocycles. The van der Waals surface area contributed by atoms with E-state index in [9.17, 15) is 8.42 Å². The summed E-state index contributed by atoms with van der Waals surface area (Å²) in [6.45, 7) is 1.86. The SMILES string of the molecule is CNc1c(Cl)ncnc1NCCc1ccc(S(=O)(=O)N2CCCCC2)s1. The molecule has 0 bridgehead atoms. The van der Waals surface area contributed by atoms with Gasteiger partial charge in [-0.3, -0.25) is 0 Å². The van der Waals surface area contributed by atoms with Gasteiger partial charge in [-0.2, -0.15) is 4.31 Å². The largest absolute Gasteiger partial charge is 0.383 e. The number of rotatable bonds is 7. The van der Waals surface area contributed by atoms with Crippen molar-refractivity contribution in [3.05, 3.63) is 28.5 Å². The Bertz CT molecular complexity index is 850. The van der Waals surface area contributed by atoms with Gasteiger partial charge in [-0.15, -0.1) is 11.3 Å². The predicted octanol–water partition coefficient (Wildman–Crippen LogP) is 3.06. The normalized spacial score (nSPS) is 15.8. The number of sulfonamides is 1. The molecule has 0 aliphatic carbocycles. The second-order valence-electron chi connectivity index (χ2n) is 6.00. The highest BCUT2D eigenvalue weighted by atomic mass is 35.5. The number of thiophene rings is 1. The Labute approximate surface area is 162 Å². The van der Waals surface area contributed by atoms with Gasteiger partial charge in [0.05, 0.1) is 0 Å². The van der Waals surface area contributed by atoms with Crippen LogP contribution in [0, 0.1) is 0 Å². The molecular weight excluding hydrogens is 394 g/mol. The molecule has 142 valence electrons. The number of hydrogen-bond acceptors (Lipinski definition) is 7. The zero-order chi connectivity index (χ0) is 18.6. The number of halogens is 1. The van der Waals surface area contributed by atoms with Gasteiger partial charge in [0.1, 0.15) is 16.2 Å². The molecule has 0 atom stereocenters. The molecule has 0 aromatic carbocycles. The molecule has 0 amide bonds. The molecule has 0 unspecified atom stereocenters. The minimum atomic E-state index is -3.35. The van der Waals surface area contributed by atoms with E-state index >= 15 is 0 Å². The first-order chi connectivity index (χ1) is 12.5. The lowest BCUT2D eigenvalue weighted by molar-refractivity contribution is 0.347. The van der Waals surface area contributed by atoms with Gasteiger partial charge in [-0.1, -0.05) is 18.0 Å². The van der Waals surface area contributed by atoms with Crippen molar-refractivity contribution < 1.29 is 8.42 Å². The van der Waals surface area contributed by atoms with Crippen LogP contribution in [0.1, 0.15) is 24.1 Å². The summed E-state index contributed by atoms with van der Waals surface area (Å²) >= 11 is 7.37. The third-order valence-corrected chi connectivity index (χ3v) is 8.06. The predicted molar refractivity (Wildman–Crippen MR) is 106 cm³/mol. The van der Waals surface area contributed by atoms with E-state index in [2.05, 4.69) is 20.6 Å². The molecule has 1 aliphatic heterocycles. The Kier molecular flexibility index (Phi) is 6.33. The molecule has 10 heteroatoms. The average molecular weight is 416 g/mol. The first kappa shape index (κ1) is 19.3. The summed E-state index contributed by atoms with van der Waals surface area (Å²) < 4.78 is 27.4. The molecule has 2 aromatic heterocycles. The van der Waals surface area contributed by atoms with Crippen molar-refractivity contribution in [3.63, 3.8) is 0 Å². The van der Waals surface area contributed by atoms with E-state index in [1.54, 1.807) is 17.4 Å². The summed E-state index contributed by atoms with van der Waals surface area (Å²) in [7, 11) is -1.59. The number of piperidine rings is 1. The number of nitrogens with one attached hydrogen (secondary N) is 2. The van der Waals surface area contributed by atoms with E-state index in [1.165, 1.54) is 17.7 Å². The van der Waals surface area contributed by atoms with Gasteiger partial charge in [0, 0.05) is 31.6 Å². The van der Waals surface area contributed by atoms with E-state index in [1.807, 2.05) is 6.07 Å². The molecule has 1 saturated heterocycles. The Morgan fingerprint density at radius 3 is 2.73 bits per heavy atom. The number of hydrogen-bond donors (Lipinski definition) is 2. The van der Waals surface area contributed by atoms with Crippen LogP contribution >= 0.6 is 22.9 Å². The summed E-state index contributed by atoms with van der Waals surface area (Å²) in [5, 5.41) is 6.54. The molecule has 7 nitrogen and oxygen atoms in total. The number of anilines is 2. The van der Waals surface area contributed by atoms with Gasteiger partial charge in [-0.05, 0) is 31.4 Å². The van der Waals surface area contributed by atoms with Gasteiger partial charge in [0.15, 0.2) is 11.0 Å². The Hall–Kier alpha value is -1.42. The second-order valence-corrected chi connectivity index (χ2v) is 9.69. The smallest absolute Gasteiger partial charge is 0.252 e. The fraction of sp³-hybridized carbons (Fsp3) is 0.500. The summed E-state index contributed by atoms with van der Waals surface area (Å²) in [6, 6.07) is 3.60. The molecule has 26 heavy (non-hydrogen) atoms. The zero-order valence-corrected chi connectivity index (χ0v) is 16.9. The maximum Gasteiger partial charge on any atom is 0.252 e. The first-order valence-corrected chi connectivity index (χ1v) is 11.2. The third kappa shape index (κ3) is 4.28. The molecule has 0 saturated carbocycles. The van der Waals surface area contributed by atoms with Gasteiger partial charge >= 0.3 is 0 Å². The molecule has 2 N–H and O–H groups in total. The number of nitrogens with zero attached hydrogens (tertiary/aromatic N) is 3. The second kappa shape index (κ2) is 8.51. The first-order valence-electron chi connectivity index (χ1n) is 8.53. The van der Waals surface area contributed by atoms with Crippen LogP contribution in [0.4, 0.5) is 11.5 Å². The zero-order valence-electron chi connectivity index (χ0n) is 14.5. The highest BCUT2D eigenvalue weighted by Crippen LogP contribution is 2.28. The van der Waals surface area contributed by atoms with Crippen LogP contribution in [-0.4, -0.2) is 49.4 Å². The van der Waals surface area contributed by atoms with Crippen LogP contribution < -0.4 is 10.6 Å². The Balaban J connectivity index is 1.61. The molecular formula is C16H22ClN5O2S2. The fourth-order valence-corrected chi connectivity index (χ4v) is 6.14. The van der Waals surface area contributed by atoms with Crippen molar-refractivity contribution in [2.45, 2.75) is 29.9 Å². The van der Waals surface area contributed by atoms with E-state index in [-0.39, 0.29) is 0 Å². The third-order valence-electron chi connectivity index (χ3n) is 4.26. The summed E-state index contributed by atoms with van der Waals surface area (Å²) in [4.78, 5) is 9.13. The van der Waals surface area contributed by atoms with Crippen LogP contribution in [0.3, 0.4) is 0 Å². The molecule has 0 spiro atoms. The van der Waals surface area contributed by atoms with Gasteiger partial charge in [0.2, 0.25) is 0 Å². The molecule has 1 fully saturated rings. The Morgan fingerprint density at radius 1 is 1.23 bits per heavy atom. The minimum absolute atomic E-state index is 0.357. The van der Waals surface area contributed by atoms with Crippen molar-refractivity contribution in [2.75, 3.05) is 37.3 Å². The van der Waals surface area contributed by atoms with Crippen molar-refractivity contribution in [1.82, 2.24) is 14.3 Å². The van der Waals surface area contributed by atoms with Crippen molar-refractivity contribution >= 4 is 44.5 Å². The van der Waals surface area contributed by atoms with E-state index in [0.717, 1.165) is 24.1 Å². The van der Waals surface area contributed by atoms with Gasteiger partial charge in [-0.25, -0.2) is 18.4 Å². The molecule has 2 aromatic rings. The van der Waals surface area contributed by atoms with Crippen LogP contribution in [-0.2, 0) is 16.4 Å². The molecule has 0 radical (unpaired) electrons. The van der Waals surface area contributed by atoms with Crippen molar-refractivity contribution in [2.24, 2.45) is 0 Å². The molecule has 1 aliphatic rings. The van der Waals surface area contributed by atoms with Crippen LogP contribution in [0.2, 0.25) is 5.15 Å². The van der Waals surface area contributed by atoms with Crippen LogP contribution in [0.5, 0.6) is 0 Å². The summed E-state index contributed by atoms with van der Waals surface area (Å²) in [5.41, 5.74) is 0.647. The maximum absolute atomic E-state index is 12.7. The van der Waals surface area contributed by atoms with Crippen molar-refractivity contribution in [1.29, 1.82) is 0 Å².